The molecule has 1 saturated heterocycles. The molecule has 10 heteroatoms. The van der Waals surface area contributed by atoms with E-state index < -0.39 is 24.3 Å². The van der Waals surface area contributed by atoms with Gasteiger partial charge in [0.1, 0.15) is 18.0 Å². The summed E-state index contributed by atoms with van der Waals surface area (Å²) in [5, 5.41) is 9.22. The van der Waals surface area contributed by atoms with Crippen LogP contribution in [0.1, 0.15) is 5.56 Å². The molecule has 0 spiro atoms. The molecule has 0 saturated carbocycles. The first-order valence-corrected chi connectivity index (χ1v) is 10.3. The van der Waals surface area contributed by atoms with Crippen molar-refractivity contribution >= 4 is 63.0 Å². The van der Waals surface area contributed by atoms with Crippen molar-refractivity contribution in [2.24, 2.45) is 0 Å². The smallest absolute Gasteiger partial charge is 0.323 e. The summed E-state index contributed by atoms with van der Waals surface area (Å²) in [6, 6.07) is 11.7. The van der Waals surface area contributed by atoms with Gasteiger partial charge in [-0.2, -0.15) is 0 Å². The lowest BCUT2D eigenvalue weighted by Crippen LogP contribution is -2.33. The summed E-state index contributed by atoms with van der Waals surface area (Å²) in [5.74, 6) is -1.25. The number of aliphatic carboxylic acids is 1. The summed E-state index contributed by atoms with van der Waals surface area (Å²) >= 11 is 6.44. The van der Waals surface area contributed by atoms with Crippen molar-refractivity contribution in [3.63, 3.8) is 0 Å². The van der Waals surface area contributed by atoms with Gasteiger partial charge in [0, 0.05) is 11.6 Å². The standard InChI is InChI=1S/C21H16N2O6S2/c1-28-11-7-8-14(15(9-11)29-2)23-20(27)18(31-21(23)30)17-12-5-3-4-6-13(12)22(19(17)26)10-16(24)25/h3-9H,10H2,1-2H3,(H,24,25)/b18-17-. The summed E-state index contributed by atoms with van der Waals surface area (Å²) in [4.78, 5) is 40.4. The maximum Gasteiger partial charge on any atom is 0.323 e. The van der Waals surface area contributed by atoms with E-state index in [1.165, 1.54) is 19.1 Å². The first-order chi connectivity index (χ1) is 14.9. The quantitative estimate of drug-likeness (QED) is 0.542. The van der Waals surface area contributed by atoms with Gasteiger partial charge in [-0.1, -0.05) is 42.2 Å². The van der Waals surface area contributed by atoms with Crippen LogP contribution >= 0.6 is 24.0 Å². The highest BCUT2D eigenvalue weighted by Gasteiger charge is 2.43. The number of thioether (sulfide) groups is 1. The molecule has 2 aliphatic rings. The van der Waals surface area contributed by atoms with Crippen molar-refractivity contribution in [2.75, 3.05) is 30.6 Å². The van der Waals surface area contributed by atoms with Crippen molar-refractivity contribution in [3.05, 3.63) is 52.9 Å². The molecule has 2 aromatic rings. The summed E-state index contributed by atoms with van der Waals surface area (Å²) < 4.78 is 10.8. The minimum absolute atomic E-state index is 0.143. The zero-order chi connectivity index (χ0) is 22.3. The van der Waals surface area contributed by atoms with Gasteiger partial charge in [0.25, 0.3) is 11.8 Å². The highest BCUT2D eigenvalue weighted by molar-refractivity contribution is 8.27. The highest BCUT2D eigenvalue weighted by atomic mass is 32.2. The first kappa shape index (κ1) is 20.9. The Hall–Kier alpha value is -3.37. The summed E-state index contributed by atoms with van der Waals surface area (Å²) in [7, 11) is 2.99. The van der Waals surface area contributed by atoms with E-state index in [0.29, 0.717) is 28.4 Å². The number of rotatable bonds is 5. The molecule has 4 rings (SSSR count). The normalized spacial score (nSPS) is 17.9. The average molecular weight is 457 g/mol. The minimum Gasteiger partial charge on any atom is -0.497 e. The van der Waals surface area contributed by atoms with Gasteiger partial charge in [-0.25, -0.2) is 0 Å². The Morgan fingerprint density at radius 1 is 1.06 bits per heavy atom. The highest BCUT2D eigenvalue weighted by Crippen LogP contribution is 2.47. The van der Waals surface area contributed by atoms with Gasteiger partial charge >= 0.3 is 5.97 Å². The van der Waals surface area contributed by atoms with Crippen LogP contribution < -0.4 is 19.3 Å². The predicted molar refractivity (Wildman–Crippen MR) is 121 cm³/mol. The van der Waals surface area contributed by atoms with E-state index in [4.69, 9.17) is 21.7 Å². The van der Waals surface area contributed by atoms with Crippen LogP contribution in [0.3, 0.4) is 0 Å². The summed E-state index contributed by atoms with van der Waals surface area (Å²) in [6.45, 7) is -0.508. The van der Waals surface area contributed by atoms with Crippen molar-refractivity contribution < 1.29 is 29.0 Å². The van der Waals surface area contributed by atoms with E-state index in [2.05, 4.69) is 0 Å². The SMILES string of the molecule is COc1ccc(N2C(=O)/C(=C3/C(=O)N(CC(=O)O)c4ccccc43)SC2=S)c(OC)c1. The first-order valence-electron chi connectivity index (χ1n) is 9.03. The zero-order valence-corrected chi connectivity index (χ0v) is 18.1. The predicted octanol–water partition coefficient (Wildman–Crippen LogP) is 2.91. The number of benzene rings is 2. The number of carbonyl (C=O) groups excluding carboxylic acids is 2. The van der Waals surface area contributed by atoms with Crippen molar-refractivity contribution in [1.29, 1.82) is 0 Å². The van der Waals surface area contributed by atoms with Crippen LogP contribution in [-0.2, 0) is 14.4 Å². The molecule has 1 N–H and O–H groups in total. The maximum absolute atomic E-state index is 13.4. The monoisotopic (exact) mass is 456 g/mol. The average Bonchev–Trinajstić information content (AvgIpc) is 3.19. The van der Waals surface area contributed by atoms with Crippen LogP contribution in [-0.4, -0.2) is 48.0 Å². The molecule has 0 aliphatic carbocycles. The van der Waals surface area contributed by atoms with E-state index in [9.17, 15) is 19.5 Å². The lowest BCUT2D eigenvalue weighted by molar-refractivity contribution is -0.136. The largest absolute Gasteiger partial charge is 0.497 e. The third-order valence-electron chi connectivity index (χ3n) is 4.84. The number of carboxylic acids is 1. The van der Waals surface area contributed by atoms with E-state index in [1.54, 1.807) is 42.5 Å². The lowest BCUT2D eigenvalue weighted by atomic mass is 10.1. The molecule has 0 bridgehead atoms. The fourth-order valence-corrected chi connectivity index (χ4v) is 4.84. The fourth-order valence-electron chi connectivity index (χ4n) is 3.49. The van der Waals surface area contributed by atoms with Crippen molar-refractivity contribution in [1.82, 2.24) is 0 Å². The number of ether oxygens (including phenoxy) is 2. The van der Waals surface area contributed by atoms with Gasteiger partial charge in [-0.05, 0) is 18.2 Å². The van der Waals surface area contributed by atoms with Gasteiger partial charge < -0.3 is 14.6 Å². The van der Waals surface area contributed by atoms with E-state index in [1.807, 2.05) is 0 Å². The number of carboxylic acid groups (broad SMARTS) is 1. The van der Waals surface area contributed by atoms with E-state index in [0.717, 1.165) is 16.7 Å². The van der Waals surface area contributed by atoms with E-state index >= 15 is 0 Å². The summed E-state index contributed by atoms with van der Waals surface area (Å²) in [5.41, 5.74) is 1.50. The number of thiocarbonyl (C=S) groups is 1. The third kappa shape index (κ3) is 3.43. The second-order valence-corrected chi connectivity index (χ2v) is 8.20. The van der Waals surface area contributed by atoms with E-state index in [-0.39, 0.29) is 14.8 Å². The molecular formula is C21H16N2O6S2. The van der Waals surface area contributed by atoms with Gasteiger partial charge in [0.15, 0.2) is 4.32 Å². The number of nitrogens with zero attached hydrogens (tertiary/aromatic N) is 2. The van der Waals surface area contributed by atoms with Gasteiger partial charge in [0.05, 0.1) is 36.1 Å². The molecule has 2 aromatic carbocycles. The fraction of sp³-hybridized carbons (Fsp3) is 0.143. The molecule has 2 aliphatic heterocycles. The number of para-hydroxylation sites is 1. The zero-order valence-electron chi connectivity index (χ0n) is 16.4. The van der Waals surface area contributed by atoms with Crippen LogP contribution in [0.4, 0.5) is 11.4 Å². The molecule has 8 nitrogen and oxygen atoms in total. The Morgan fingerprint density at radius 3 is 2.48 bits per heavy atom. The second kappa shape index (κ2) is 8.05. The second-order valence-electron chi connectivity index (χ2n) is 6.55. The van der Waals surface area contributed by atoms with Crippen LogP contribution in [0.2, 0.25) is 0 Å². The Kier molecular flexibility index (Phi) is 5.42. The molecule has 31 heavy (non-hydrogen) atoms. The molecular weight excluding hydrogens is 440 g/mol. The van der Waals surface area contributed by atoms with Gasteiger partial charge in [-0.3, -0.25) is 24.2 Å². The number of carbonyl (C=O) groups is 3. The van der Waals surface area contributed by atoms with Crippen molar-refractivity contribution in [3.8, 4) is 11.5 Å². The number of fused-ring (bicyclic) bond motifs is 1. The number of hydrogen-bond acceptors (Lipinski definition) is 7. The third-order valence-corrected chi connectivity index (χ3v) is 6.21. The summed E-state index contributed by atoms with van der Waals surface area (Å²) in [6.07, 6.45) is 0. The van der Waals surface area contributed by atoms with Gasteiger partial charge in [-0.15, -0.1) is 0 Å². The Bertz CT molecular complexity index is 1180. The van der Waals surface area contributed by atoms with Crippen molar-refractivity contribution in [2.45, 2.75) is 0 Å². The Labute approximate surface area is 187 Å². The number of methoxy groups -OCH3 is 2. The lowest BCUT2D eigenvalue weighted by Gasteiger charge is -2.18. The van der Waals surface area contributed by atoms with Gasteiger partial charge in [0.2, 0.25) is 0 Å². The maximum atomic E-state index is 13.4. The molecule has 0 aromatic heterocycles. The molecule has 0 atom stereocenters. The molecule has 2 amide bonds. The van der Waals surface area contributed by atoms with Crippen LogP contribution in [0.5, 0.6) is 11.5 Å². The van der Waals surface area contributed by atoms with Crippen LogP contribution in [0.25, 0.3) is 5.57 Å². The Morgan fingerprint density at radius 2 is 1.81 bits per heavy atom. The van der Waals surface area contributed by atoms with Crippen LogP contribution in [0.15, 0.2) is 47.4 Å². The molecule has 0 unspecified atom stereocenters. The number of anilines is 2. The number of amides is 2. The molecule has 1 fully saturated rings. The number of hydrogen-bond donors (Lipinski definition) is 1. The molecule has 0 radical (unpaired) electrons. The topological polar surface area (TPSA) is 96.4 Å². The van der Waals surface area contributed by atoms with Crippen LogP contribution in [0, 0.1) is 0 Å². The molecule has 158 valence electrons. The molecule has 2 heterocycles. The minimum atomic E-state index is -1.15. The Balaban J connectivity index is 1.82.